The zero-order chi connectivity index (χ0) is 13.0. The van der Waals surface area contributed by atoms with Gasteiger partial charge in [-0.15, -0.1) is 0 Å². The molecule has 2 rings (SSSR count). The highest BCUT2D eigenvalue weighted by molar-refractivity contribution is 6.04. The van der Waals surface area contributed by atoms with Gasteiger partial charge in [0.15, 0.2) is 5.78 Å². The molecule has 2 aromatic rings. The summed E-state index contributed by atoms with van der Waals surface area (Å²) < 4.78 is 13.2. The summed E-state index contributed by atoms with van der Waals surface area (Å²) in [4.78, 5) is 19.0. The molecular formula is C13H15FN2O. The van der Waals surface area contributed by atoms with Gasteiger partial charge in [0.05, 0.1) is 11.2 Å². The fraction of sp³-hybridized carbons (Fsp3) is 0.308. The third kappa shape index (κ3) is 2.64. The van der Waals surface area contributed by atoms with Gasteiger partial charge >= 0.3 is 0 Å². The van der Waals surface area contributed by atoms with Crippen molar-refractivity contribution in [2.45, 2.75) is 27.7 Å². The van der Waals surface area contributed by atoms with Crippen LogP contribution in [0.3, 0.4) is 0 Å². The summed E-state index contributed by atoms with van der Waals surface area (Å²) in [5.74, 6) is -0.769. The molecule has 0 saturated heterocycles. The topological polar surface area (TPSA) is 42.9 Å². The first-order chi connectivity index (χ1) is 8.09. The molecule has 0 N–H and O–H groups in total. The molecular weight excluding hydrogens is 219 g/mol. The molecule has 0 aliphatic heterocycles. The van der Waals surface area contributed by atoms with E-state index in [1.165, 1.54) is 6.92 Å². The van der Waals surface area contributed by atoms with Crippen LogP contribution >= 0.6 is 0 Å². The molecule has 0 fully saturated rings. The van der Waals surface area contributed by atoms with Gasteiger partial charge in [0.1, 0.15) is 5.52 Å². The fourth-order valence-electron chi connectivity index (χ4n) is 1.43. The number of fused-ring (bicyclic) bond motifs is 1. The van der Waals surface area contributed by atoms with Crippen molar-refractivity contribution in [1.82, 2.24) is 9.97 Å². The van der Waals surface area contributed by atoms with Crippen LogP contribution in [0.4, 0.5) is 4.39 Å². The lowest BCUT2D eigenvalue weighted by atomic mass is 10.1. The molecule has 0 radical (unpaired) electrons. The van der Waals surface area contributed by atoms with E-state index in [9.17, 15) is 9.18 Å². The Labute approximate surface area is 99.7 Å². The lowest BCUT2D eigenvalue weighted by Gasteiger charge is -2.03. The SMILES string of the molecule is CC.CC(=O)c1cccc2nc(C)c(F)nc12. The monoisotopic (exact) mass is 234 g/mol. The van der Waals surface area contributed by atoms with Crippen molar-refractivity contribution >= 4 is 16.8 Å². The second-order valence-electron chi connectivity index (χ2n) is 3.33. The molecule has 4 heteroatoms. The van der Waals surface area contributed by atoms with E-state index in [-0.39, 0.29) is 11.5 Å². The third-order valence-electron chi connectivity index (χ3n) is 2.19. The van der Waals surface area contributed by atoms with Crippen molar-refractivity contribution in [2.24, 2.45) is 0 Å². The fourth-order valence-corrected chi connectivity index (χ4v) is 1.43. The summed E-state index contributed by atoms with van der Waals surface area (Å²) >= 11 is 0. The number of hydrogen-bond acceptors (Lipinski definition) is 3. The first-order valence-corrected chi connectivity index (χ1v) is 5.53. The van der Waals surface area contributed by atoms with E-state index in [2.05, 4.69) is 9.97 Å². The number of aromatic nitrogens is 2. The quantitative estimate of drug-likeness (QED) is 0.711. The van der Waals surface area contributed by atoms with E-state index in [0.29, 0.717) is 16.6 Å². The number of hydrogen-bond donors (Lipinski definition) is 0. The van der Waals surface area contributed by atoms with E-state index >= 15 is 0 Å². The van der Waals surface area contributed by atoms with Crippen LogP contribution in [0.15, 0.2) is 18.2 Å². The lowest BCUT2D eigenvalue weighted by molar-refractivity contribution is 0.101. The number of para-hydroxylation sites is 1. The minimum absolute atomic E-state index is 0.141. The lowest BCUT2D eigenvalue weighted by Crippen LogP contribution is -2.00. The Bertz CT molecular complexity index is 552. The predicted molar refractivity (Wildman–Crippen MR) is 65.6 cm³/mol. The van der Waals surface area contributed by atoms with Gasteiger partial charge in [0.25, 0.3) is 0 Å². The summed E-state index contributed by atoms with van der Waals surface area (Å²) in [6, 6.07) is 5.04. The van der Waals surface area contributed by atoms with Crippen molar-refractivity contribution in [2.75, 3.05) is 0 Å². The third-order valence-corrected chi connectivity index (χ3v) is 2.19. The molecule has 1 heterocycles. The number of ketones is 1. The van der Waals surface area contributed by atoms with E-state index < -0.39 is 5.95 Å². The van der Waals surface area contributed by atoms with Crippen LogP contribution in [0, 0.1) is 12.9 Å². The van der Waals surface area contributed by atoms with Crippen LogP contribution in [0.5, 0.6) is 0 Å². The van der Waals surface area contributed by atoms with Gasteiger partial charge in [0, 0.05) is 5.56 Å². The van der Waals surface area contributed by atoms with Crippen molar-refractivity contribution in [3.05, 3.63) is 35.4 Å². The molecule has 0 bridgehead atoms. The average Bonchev–Trinajstić information content (AvgIpc) is 2.32. The van der Waals surface area contributed by atoms with Gasteiger partial charge in [0.2, 0.25) is 5.95 Å². The van der Waals surface area contributed by atoms with Crippen molar-refractivity contribution in [3.8, 4) is 0 Å². The maximum Gasteiger partial charge on any atom is 0.234 e. The molecule has 0 aliphatic carbocycles. The summed E-state index contributed by atoms with van der Waals surface area (Å²) in [5.41, 5.74) is 1.51. The van der Waals surface area contributed by atoms with Crippen LogP contribution in [-0.2, 0) is 0 Å². The first-order valence-electron chi connectivity index (χ1n) is 5.53. The van der Waals surface area contributed by atoms with Gasteiger partial charge in [-0.25, -0.2) is 9.97 Å². The molecule has 0 unspecified atom stereocenters. The number of aryl methyl sites for hydroxylation is 1. The Morgan fingerprint density at radius 2 is 1.88 bits per heavy atom. The Morgan fingerprint density at radius 3 is 2.47 bits per heavy atom. The van der Waals surface area contributed by atoms with Gasteiger partial charge in [-0.3, -0.25) is 4.79 Å². The molecule has 0 saturated carbocycles. The molecule has 1 aromatic carbocycles. The van der Waals surface area contributed by atoms with Gasteiger partial charge < -0.3 is 0 Å². The highest BCUT2D eigenvalue weighted by atomic mass is 19.1. The van der Waals surface area contributed by atoms with E-state index in [0.717, 1.165) is 0 Å². The normalized spacial score (nSPS) is 9.71. The number of Topliss-reactive ketones (excluding diaryl/α,β-unsaturated/α-hetero) is 1. The molecule has 0 spiro atoms. The van der Waals surface area contributed by atoms with Crippen LogP contribution in [0.25, 0.3) is 11.0 Å². The summed E-state index contributed by atoms with van der Waals surface area (Å²) in [5, 5.41) is 0. The van der Waals surface area contributed by atoms with Crippen LogP contribution in [-0.4, -0.2) is 15.8 Å². The number of rotatable bonds is 1. The Kier molecular flexibility index (Phi) is 4.26. The number of nitrogens with zero attached hydrogens (tertiary/aromatic N) is 2. The standard InChI is InChI=1S/C11H9FN2O.C2H6/c1-6-11(12)14-10-8(7(2)15)4-3-5-9(10)13-6;1-2/h3-5H,1-2H3;1-2H3. The molecule has 0 aliphatic rings. The maximum atomic E-state index is 13.2. The summed E-state index contributed by atoms with van der Waals surface area (Å²) in [7, 11) is 0. The van der Waals surface area contributed by atoms with Crippen molar-refractivity contribution in [3.63, 3.8) is 0 Å². The van der Waals surface area contributed by atoms with Crippen LogP contribution in [0.2, 0.25) is 0 Å². The van der Waals surface area contributed by atoms with Gasteiger partial charge in [-0.1, -0.05) is 19.9 Å². The highest BCUT2D eigenvalue weighted by Gasteiger charge is 2.10. The van der Waals surface area contributed by atoms with E-state index in [1.54, 1.807) is 25.1 Å². The van der Waals surface area contributed by atoms with Gasteiger partial charge in [-0.05, 0) is 26.0 Å². The van der Waals surface area contributed by atoms with E-state index in [1.807, 2.05) is 13.8 Å². The zero-order valence-corrected chi connectivity index (χ0v) is 10.4. The highest BCUT2D eigenvalue weighted by Crippen LogP contribution is 2.16. The largest absolute Gasteiger partial charge is 0.294 e. The molecule has 17 heavy (non-hydrogen) atoms. The Morgan fingerprint density at radius 1 is 1.24 bits per heavy atom. The number of benzene rings is 1. The summed E-state index contributed by atoms with van der Waals surface area (Å²) in [6.45, 7) is 6.97. The minimum Gasteiger partial charge on any atom is -0.294 e. The molecule has 0 atom stereocenters. The minimum atomic E-state index is -0.629. The zero-order valence-electron chi connectivity index (χ0n) is 10.4. The number of carbonyl (C=O) groups excluding carboxylic acids is 1. The van der Waals surface area contributed by atoms with E-state index in [4.69, 9.17) is 0 Å². The Hall–Kier alpha value is -1.84. The second kappa shape index (κ2) is 5.48. The Balaban J connectivity index is 0.000000686. The second-order valence-corrected chi connectivity index (χ2v) is 3.33. The molecule has 0 amide bonds. The van der Waals surface area contributed by atoms with Gasteiger partial charge in [-0.2, -0.15) is 4.39 Å². The predicted octanol–water partition coefficient (Wildman–Crippen LogP) is 3.31. The molecule has 1 aromatic heterocycles. The molecule has 90 valence electrons. The summed E-state index contributed by atoms with van der Waals surface area (Å²) in [6.07, 6.45) is 0. The average molecular weight is 234 g/mol. The van der Waals surface area contributed by atoms with Crippen molar-refractivity contribution < 1.29 is 9.18 Å². The van der Waals surface area contributed by atoms with Crippen LogP contribution in [0.1, 0.15) is 36.8 Å². The molecule has 3 nitrogen and oxygen atoms in total. The first kappa shape index (κ1) is 13.2. The van der Waals surface area contributed by atoms with Crippen molar-refractivity contribution in [1.29, 1.82) is 0 Å². The maximum absolute atomic E-state index is 13.2. The van der Waals surface area contributed by atoms with Crippen LogP contribution < -0.4 is 0 Å². The smallest absolute Gasteiger partial charge is 0.234 e. The number of carbonyl (C=O) groups is 1. The number of halogens is 1.